The van der Waals surface area contributed by atoms with Crippen molar-refractivity contribution in [3.05, 3.63) is 0 Å². The molecule has 0 saturated carbocycles. The van der Waals surface area contributed by atoms with Crippen molar-refractivity contribution in [3.63, 3.8) is 0 Å². The maximum atomic E-state index is 11.6. The van der Waals surface area contributed by atoms with Gasteiger partial charge in [-0.05, 0) is 0 Å². The van der Waals surface area contributed by atoms with Crippen LogP contribution in [0.1, 0.15) is 65.7 Å². The van der Waals surface area contributed by atoms with Crippen molar-refractivity contribution in [1.29, 1.82) is 0 Å². The van der Waals surface area contributed by atoms with E-state index in [1.54, 1.807) is 0 Å². The molecule has 17 heavy (non-hydrogen) atoms. The Morgan fingerprint density at radius 1 is 1.24 bits per heavy atom. The number of carbonyl (C=O) groups is 1. The van der Waals surface area contributed by atoms with E-state index in [0.717, 1.165) is 19.3 Å². The first-order chi connectivity index (χ1) is 8.08. The minimum absolute atomic E-state index is 0.296. The second-order valence-electron chi connectivity index (χ2n) is 4.62. The van der Waals surface area contributed by atoms with Crippen molar-refractivity contribution in [1.82, 2.24) is 0 Å². The van der Waals surface area contributed by atoms with Crippen LogP contribution < -0.4 is 0 Å². The van der Waals surface area contributed by atoms with Crippen LogP contribution in [0.4, 0.5) is 0 Å². The standard InChI is InChI=1S/C13H26O2S.Sn/c1-4-7-8-9-10-11(16)13(5-2,6-3)12(14)15;/h11,16H,4-10H2,1-3H3,(H,14,15);/q;+1/p-1. The molecule has 0 aliphatic heterocycles. The Morgan fingerprint density at radius 2 is 1.82 bits per heavy atom. The molecule has 3 radical (unpaired) electrons. The molecule has 2 nitrogen and oxygen atoms in total. The van der Waals surface area contributed by atoms with Crippen LogP contribution in [0.5, 0.6) is 0 Å². The summed E-state index contributed by atoms with van der Waals surface area (Å²) in [6, 6.07) is 0. The van der Waals surface area contributed by atoms with Crippen LogP contribution in [-0.2, 0) is 4.79 Å². The molecule has 1 atom stereocenters. The van der Waals surface area contributed by atoms with Gasteiger partial charge in [0, 0.05) is 0 Å². The molecule has 0 aromatic heterocycles. The number of carboxylic acid groups (broad SMARTS) is 1. The predicted octanol–water partition coefficient (Wildman–Crippen LogP) is 4.03. The minimum atomic E-state index is -0.599. The van der Waals surface area contributed by atoms with Crippen LogP contribution in [0.3, 0.4) is 0 Å². The molecule has 0 aromatic carbocycles. The molecule has 0 aliphatic rings. The van der Waals surface area contributed by atoms with E-state index in [1.165, 1.54) is 46.8 Å². The van der Waals surface area contributed by atoms with Gasteiger partial charge in [0.1, 0.15) is 0 Å². The monoisotopic (exact) mass is 365 g/mol. The second-order valence-corrected chi connectivity index (χ2v) is 7.45. The third-order valence-electron chi connectivity index (χ3n) is 3.77. The van der Waals surface area contributed by atoms with Gasteiger partial charge < -0.3 is 0 Å². The second kappa shape index (κ2) is 9.54. The van der Waals surface area contributed by atoms with Crippen molar-refractivity contribution < 1.29 is 9.90 Å². The molecule has 1 unspecified atom stereocenters. The molecule has 0 bridgehead atoms. The number of hydrogen-bond donors (Lipinski definition) is 1. The zero-order chi connectivity index (χ0) is 13.3. The zero-order valence-corrected chi connectivity index (χ0v) is 15.0. The third kappa shape index (κ3) is 5.01. The van der Waals surface area contributed by atoms with Crippen LogP contribution in [0.25, 0.3) is 0 Å². The van der Waals surface area contributed by atoms with Crippen molar-refractivity contribution in [2.75, 3.05) is 0 Å². The normalized spacial score (nSPS) is 13.6. The van der Waals surface area contributed by atoms with Crippen LogP contribution in [0, 0.1) is 5.41 Å². The predicted molar refractivity (Wildman–Crippen MR) is 76.5 cm³/mol. The molecule has 0 amide bonds. The fourth-order valence-corrected chi connectivity index (χ4v) is 6.23. The van der Waals surface area contributed by atoms with Crippen LogP contribution in [-0.4, -0.2) is 37.5 Å². The Hall–Kier alpha value is 0.619. The third-order valence-corrected chi connectivity index (χ3v) is 7.17. The molecular formula is C13H25O2SSn. The summed E-state index contributed by atoms with van der Waals surface area (Å²) in [6.45, 7) is 6.24. The van der Waals surface area contributed by atoms with Gasteiger partial charge in [0.05, 0.1) is 0 Å². The van der Waals surface area contributed by atoms with E-state index < -0.39 is 11.4 Å². The molecule has 0 heterocycles. The first kappa shape index (κ1) is 17.6. The molecular weight excluding hydrogens is 339 g/mol. The average molecular weight is 364 g/mol. The number of hydrogen-bond acceptors (Lipinski definition) is 2. The molecule has 0 aromatic rings. The van der Waals surface area contributed by atoms with Crippen molar-refractivity contribution in [3.8, 4) is 0 Å². The quantitative estimate of drug-likeness (QED) is 0.470. The molecule has 0 saturated heterocycles. The molecule has 1 N–H and O–H groups in total. The SMILES string of the molecule is CCCCCCC([S][Sn])C(CC)(CC)C(=O)O. The van der Waals surface area contributed by atoms with Crippen LogP contribution in [0.15, 0.2) is 0 Å². The summed E-state index contributed by atoms with van der Waals surface area (Å²) < 4.78 is 0. The summed E-state index contributed by atoms with van der Waals surface area (Å²) in [6.07, 6.45) is 7.48. The van der Waals surface area contributed by atoms with Crippen LogP contribution >= 0.6 is 8.95 Å². The van der Waals surface area contributed by atoms with Gasteiger partial charge in [0.2, 0.25) is 0 Å². The fraction of sp³-hybridized carbons (Fsp3) is 0.923. The van der Waals surface area contributed by atoms with E-state index in [9.17, 15) is 9.90 Å². The van der Waals surface area contributed by atoms with Gasteiger partial charge in [-0.3, -0.25) is 0 Å². The summed E-state index contributed by atoms with van der Waals surface area (Å²) >= 11 is 1.39. The van der Waals surface area contributed by atoms with E-state index in [1.807, 2.05) is 22.8 Å². The van der Waals surface area contributed by atoms with Crippen molar-refractivity contribution >= 4 is 36.1 Å². The summed E-state index contributed by atoms with van der Waals surface area (Å²) in [5.74, 6) is -0.599. The van der Waals surface area contributed by atoms with E-state index >= 15 is 0 Å². The number of rotatable bonds is 10. The van der Waals surface area contributed by atoms with Crippen molar-refractivity contribution in [2.24, 2.45) is 5.41 Å². The average Bonchev–Trinajstić information content (AvgIpc) is 2.33. The van der Waals surface area contributed by atoms with E-state index in [0.29, 0.717) is 5.25 Å². The molecule has 0 rings (SSSR count). The summed E-state index contributed by atoms with van der Waals surface area (Å²) in [7, 11) is 1.82. The van der Waals surface area contributed by atoms with E-state index in [-0.39, 0.29) is 0 Å². The van der Waals surface area contributed by atoms with Gasteiger partial charge in [0.15, 0.2) is 0 Å². The first-order valence-electron chi connectivity index (χ1n) is 6.64. The molecule has 0 spiro atoms. The Balaban J connectivity index is 4.51. The Labute approximate surface area is 122 Å². The molecule has 99 valence electrons. The number of unbranched alkanes of at least 4 members (excludes halogenated alkanes) is 3. The fourth-order valence-electron chi connectivity index (χ4n) is 2.35. The van der Waals surface area contributed by atoms with Gasteiger partial charge in [-0.1, -0.05) is 0 Å². The van der Waals surface area contributed by atoms with Gasteiger partial charge >= 0.3 is 122 Å². The van der Waals surface area contributed by atoms with E-state index in [4.69, 9.17) is 0 Å². The molecule has 0 aliphatic carbocycles. The zero-order valence-electron chi connectivity index (χ0n) is 11.3. The maximum absolute atomic E-state index is 11.6. The number of aliphatic carboxylic acids is 1. The van der Waals surface area contributed by atoms with Gasteiger partial charge in [0.25, 0.3) is 0 Å². The van der Waals surface area contributed by atoms with E-state index in [2.05, 4.69) is 6.92 Å². The molecule has 4 heteroatoms. The topological polar surface area (TPSA) is 37.3 Å². The Morgan fingerprint density at radius 3 is 2.18 bits per heavy atom. The molecule has 0 fully saturated rings. The van der Waals surface area contributed by atoms with Gasteiger partial charge in [-0.2, -0.15) is 0 Å². The summed E-state index contributed by atoms with van der Waals surface area (Å²) in [5.41, 5.74) is -0.500. The Kier molecular flexibility index (Phi) is 9.88. The first-order valence-corrected chi connectivity index (χ1v) is 11.0. The van der Waals surface area contributed by atoms with Crippen molar-refractivity contribution in [2.45, 2.75) is 71.0 Å². The number of carboxylic acids is 1. The van der Waals surface area contributed by atoms with Gasteiger partial charge in [-0.25, -0.2) is 0 Å². The Bertz CT molecular complexity index is 217. The van der Waals surface area contributed by atoms with Gasteiger partial charge in [-0.15, -0.1) is 0 Å². The summed E-state index contributed by atoms with van der Waals surface area (Å²) in [5, 5.41) is 9.82. The summed E-state index contributed by atoms with van der Waals surface area (Å²) in [4.78, 5) is 11.6. The van der Waals surface area contributed by atoms with Crippen LogP contribution in [0.2, 0.25) is 0 Å².